The van der Waals surface area contributed by atoms with Gasteiger partial charge in [0.2, 0.25) is 5.95 Å². The molecule has 5 heteroatoms. The van der Waals surface area contributed by atoms with E-state index in [9.17, 15) is 4.39 Å². The van der Waals surface area contributed by atoms with Gasteiger partial charge in [0.1, 0.15) is 11.6 Å². The number of nitrogens with zero attached hydrogens (tertiary/aromatic N) is 2. The number of rotatable bonds is 3. The first-order valence-corrected chi connectivity index (χ1v) is 5.88. The SMILES string of the molecule is Nc1cc(-c2ccccc2F)nc(NC2CC2)n1. The Morgan fingerprint density at radius 2 is 2.00 bits per heavy atom. The van der Waals surface area contributed by atoms with Crippen molar-refractivity contribution in [2.45, 2.75) is 18.9 Å². The number of anilines is 2. The number of hydrogen-bond acceptors (Lipinski definition) is 4. The van der Waals surface area contributed by atoms with E-state index in [-0.39, 0.29) is 5.82 Å². The molecule has 1 aromatic carbocycles. The van der Waals surface area contributed by atoms with Gasteiger partial charge < -0.3 is 11.1 Å². The number of aromatic nitrogens is 2. The van der Waals surface area contributed by atoms with E-state index in [0.717, 1.165) is 12.8 Å². The maximum absolute atomic E-state index is 13.7. The number of benzene rings is 1. The summed E-state index contributed by atoms with van der Waals surface area (Å²) in [5, 5.41) is 3.16. The summed E-state index contributed by atoms with van der Waals surface area (Å²) in [4.78, 5) is 8.40. The minimum absolute atomic E-state index is 0.312. The van der Waals surface area contributed by atoms with Crippen LogP contribution in [0.5, 0.6) is 0 Å². The van der Waals surface area contributed by atoms with Crippen LogP contribution in [0.1, 0.15) is 12.8 Å². The molecule has 1 aliphatic rings. The standard InChI is InChI=1S/C13H13FN4/c14-10-4-2-1-3-9(10)11-7-12(15)18-13(17-11)16-8-5-6-8/h1-4,7-8H,5-6H2,(H3,15,16,17,18). The smallest absolute Gasteiger partial charge is 0.225 e. The molecule has 18 heavy (non-hydrogen) atoms. The van der Waals surface area contributed by atoms with Gasteiger partial charge in [0.15, 0.2) is 0 Å². The first-order chi connectivity index (χ1) is 8.72. The lowest BCUT2D eigenvalue weighted by Crippen LogP contribution is -2.07. The highest BCUT2D eigenvalue weighted by molar-refractivity contribution is 5.64. The third-order valence-corrected chi connectivity index (χ3v) is 2.81. The fraction of sp³-hybridized carbons (Fsp3) is 0.231. The molecule has 0 saturated heterocycles. The molecule has 0 unspecified atom stereocenters. The normalized spacial score (nSPS) is 14.5. The van der Waals surface area contributed by atoms with Crippen LogP contribution in [0.15, 0.2) is 30.3 Å². The van der Waals surface area contributed by atoms with Gasteiger partial charge in [0.05, 0.1) is 5.69 Å². The zero-order valence-electron chi connectivity index (χ0n) is 9.73. The summed E-state index contributed by atoms with van der Waals surface area (Å²) in [6, 6.07) is 8.51. The van der Waals surface area contributed by atoms with Crippen molar-refractivity contribution in [2.75, 3.05) is 11.1 Å². The summed E-state index contributed by atoms with van der Waals surface area (Å²) in [7, 11) is 0. The highest BCUT2D eigenvalue weighted by Gasteiger charge is 2.22. The Bertz CT molecular complexity index is 581. The lowest BCUT2D eigenvalue weighted by atomic mass is 10.1. The molecule has 0 aliphatic heterocycles. The Morgan fingerprint density at radius 1 is 1.22 bits per heavy atom. The fourth-order valence-electron chi connectivity index (χ4n) is 1.75. The second-order valence-corrected chi connectivity index (χ2v) is 4.40. The van der Waals surface area contributed by atoms with Crippen LogP contribution in [0.3, 0.4) is 0 Å². The minimum Gasteiger partial charge on any atom is -0.384 e. The minimum atomic E-state index is -0.312. The Labute approximate surface area is 104 Å². The molecule has 2 aromatic rings. The van der Waals surface area contributed by atoms with E-state index < -0.39 is 0 Å². The molecule has 1 saturated carbocycles. The lowest BCUT2D eigenvalue weighted by molar-refractivity contribution is 0.630. The van der Waals surface area contributed by atoms with E-state index in [2.05, 4.69) is 15.3 Å². The second kappa shape index (κ2) is 4.25. The number of hydrogen-bond donors (Lipinski definition) is 2. The molecule has 1 aliphatic carbocycles. The summed E-state index contributed by atoms with van der Waals surface area (Å²) < 4.78 is 13.7. The predicted molar refractivity (Wildman–Crippen MR) is 68.5 cm³/mol. The molecule has 0 amide bonds. The van der Waals surface area contributed by atoms with Crippen molar-refractivity contribution in [3.8, 4) is 11.3 Å². The van der Waals surface area contributed by atoms with Gasteiger partial charge in [-0.2, -0.15) is 4.98 Å². The summed E-state index contributed by atoms with van der Waals surface area (Å²) in [5.74, 6) is 0.495. The number of nitrogens with two attached hydrogens (primary N) is 1. The van der Waals surface area contributed by atoms with E-state index >= 15 is 0 Å². The quantitative estimate of drug-likeness (QED) is 0.870. The summed E-state index contributed by atoms with van der Waals surface area (Å²) in [5.41, 5.74) is 6.67. The van der Waals surface area contributed by atoms with Crippen molar-refractivity contribution < 1.29 is 4.39 Å². The van der Waals surface area contributed by atoms with E-state index in [1.54, 1.807) is 24.3 Å². The van der Waals surface area contributed by atoms with Crippen LogP contribution in [0, 0.1) is 5.82 Å². The van der Waals surface area contributed by atoms with Crippen molar-refractivity contribution in [2.24, 2.45) is 0 Å². The zero-order valence-corrected chi connectivity index (χ0v) is 9.73. The van der Waals surface area contributed by atoms with Crippen molar-refractivity contribution in [3.63, 3.8) is 0 Å². The average Bonchev–Trinajstić information content (AvgIpc) is 3.12. The highest BCUT2D eigenvalue weighted by atomic mass is 19.1. The fourth-order valence-corrected chi connectivity index (χ4v) is 1.75. The first kappa shape index (κ1) is 11.0. The Kier molecular flexibility index (Phi) is 2.59. The van der Waals surface area contributed by atoms with E-state index in [1.165, 1.54) is 6.07 Å². The number of nitrogens with one attached hydrogen (secondary N) is 1. The molecule has 0 radical (unpaired) electrons. The Balaban J connectivity index is 2.00. The third kappa shape index (κ3) is 2.25. The molecule has 0 spiro atoms. The van der Waals surface area contributed by atoms with Crippen molar-refractivity contribution in [3.05, 3.63) is 36.1 Å². The van der Waals surface area contributed by atoms with Crippen LogP contribution in [-0.4, -0.2) is 16.0 Å². The van der Waals surface area contributed by atoms with Crippen molar-refractivity contribution >= 4 is 11.8 Å². The van der Waals surface area contributed by atoms with Gasteiger partial charge in [-0.1, -0.05) is 12.1 Å². The van der Waals surface area contributed by atoms with E-state index in [0.29, 0.717) is 29.1 Å². The largest absolute Gasteiger partial charge is 0.384 e. The molecule has 1 aromatic heterocycles. The summed E-state index contributed by atoms with van der Waals surface area (Å²) >= 11 is 0. The average molecular weight is 244 g/mol. The maximum Gasteiger partial charge on any atom is 0.225 e. The summed E-state index contributed by atoms with van der Waals surface area (Å²) in [6.45, 7) is 0. The molecule has 0 bridgehead atoms. The van der Waals surface area contributed by atoms with Gasteiger partial charge in [0.25, 0.3) is 0 Å². The number of halogens is 1. The second-order valence-electron chi connectivity index (χ2n) is 4.40. The van der Waals surface area contributed by atoms with E-state index in [1.807, 2.05) is 0 Å². The Morgan fingerprint density at radius 3 is 2.72 bits per heavy atom. The Hall–Kier alpha value is -2.17. The first-order valence-electron chi connectivity index (χ1n) is 5.88. The monoisotopic (exact) mass is 244 g/mol. The van der Waals surface area contributed by atoms with Crippen molar-refractivity contribution in [1.29, 1.82) is 0 Å². The van der Waals surface area contributed by atoms with Crippen LogP contribution < -0.4 is 11.1 Å². The topological polar surface area (TPSA) is 63.8 Å². The molecule has 3 rings (SSSR count). The van der Waals surface area contributed by atoms with Crippen LogP contribution in [-0.2, 0) is 0 Å². The molecule has 3 N–H and O–H groups in total. The molecule has 92 valence electrons. The zero-order chi connectivity index (χ0) is 12.5. The van der Waals surface area contributed by atoms with Gasteiger partial charge in [-0.15, -0.1) is 0 Å². The highest BCUT2D eigenvalue weighted by Crippen LogP contribution is 2.26. The lowest BCUT2D eigenvalue weighted by Gasteiger charge is -2.07. The number of nitrogen functional groups attached to an aromatic ring is 1. The maximum atomic E-state index is 13.7. The van der Waals surface area contributed by atoms with Crippen LogP contribution in [0.2, 0.25) is 0 Å². The van der Waals surface area contributed by atoms with Gasteiger partial charge in [-0.05, 0) is 25.0 Å². The molecule has 1 fully saturated rings. The van der Waals surface area contributed by atoms with Crippen molar-refractivity contribution in [1.82, 2.24) is 9.97 Å². The van der Waals surface area contributed by atoms with Gasteiger partial charge >= 0.3 is 0 Å². The van der Waals surface area contributed by atoms with Crippen LogP contribution >= 0.6 is 0 Å². The van der Waals surface area contributed by atoms with E-state index in [4.69, 9.17) is 5.73 Å². The van der Waals surface area contributed by atoms with Gasteiger partial charge in [-0.3, -0.25) is 0 Å². The molecule has 1 heterocycles. The third-order valence-electron chi connectivity index (χ3n) is 2.81. The summed E-state index contributed by atoms with van der Waals surface area (Å²) in [6.07, 6.45) is 2.24. The molecule has 4 nitrogen and oxygen atoms in total. The molecule has 0 atom stereocenters. The van der Waals surface area contributed by atoms with Gasteiger partial charge in [-0.25, -0.2) is 9.37 Å². The van der Waals surface area contributed by atoms with Gasteiger partial charge in [0, 0.05) is 17.7 Å². The van der Waals surface area contributed by atoms with Crippen LogP contribution in [0.25, 0.3) is 11.3 Å². The molecular weight excluding hydrogens is 231 g/mol. The molecular formula is C13H13FN4. The van der Waals surface area contributed by atoms with Crippen LogP contribution in [0.4, 0.5) is 16.2 Å². The predicted octanol–water partition coefficient (Wildman–Crippen LogP) is 2.44.